The average Bonchev–Trinajstić information content (AvgIpc) is 2.68. The van der Waals surface area contributed by atoms with E-state index in [1.54, 1.807) is 30.6 Å². The summed E-state index contributed by atoms with van der Waals surface area (Å²) in [6, 6.07) is 17.8. The van der Waals surface area contributed by atoms with Gasteiger partial charge in [0.15, 0.2) is 0 Å². The number of rotatable bonds is 6. The summed E-state index contributed by atoms with van der Waals surface area (Å²) in [5, 5.41) is 3.14. The van der Waals surface area contributed by atoms with E-state index in [9.17, 15) is 9.18 Å². The van der Waals surface area contributed by atoms with Crippen molar-refractivity contribution in [2.45, 2.75) is 26.4 Å². The molecule has 0 fully saturated rings. The minimum absolute atomic E-state index is 0.0476. The van der Waals surface area contributed by atoms with Crippen LogP contribution < -0.4 is 5.32 Å². The maximum atomic E-state index is 13.0. The third-order valence-electron chi connectivity index (χ3n) is 4.20. The van der Waals surface area contributed by atoms with Crippen molar-refractivity contribution < 1.29 is 9.18 Å². The molecule has 0 unspecified atom stereocenters. The minimum Gasteiger partial charge on any atom is -0.354 e. The zero-order valence-corrected chi connectivity index (χ0v) is 15.4. The van der Waals surface area contributed by atoms with E-state index in [0.717, 1.165) is 11.3 Å². The molecule has 4 nitrogen and oxygen atoms in total. The topological polar surface area (TPSA) is 45.2 Å². The van der Waals surface area contributed by atoms with Crippen LogP contribution in [0, 0.1) is 5.82 Å². The van der Waals surface area contributed by atoms with Gasteiger partial charge in [-0.2, -0.15) is 0 Å². The molecule has 0 radical (unpaired) electrons. The number of pyridine rings is 1. The van der Waals surface area contributed by atoms with Crippen molar-refractivity contribution >= 4 is 17.3 Å². The highest BCUT2D eigenvalue weighted by Gasteiger charge is 2.19. The molecular formula is C22H22FN3O. The molecule has 1 aromatic heterocycles. The van der Waals surface area contributed by atoms with E-state index in [2.05, 4.69) is 10.3 Å². The standard InChI is InChI=1S/C22H22FN3O/c1-16(2)26(15-17-6-4-3-5-7-17)22(27)18-12-21(14-24-13-18)25-20-10-8-19(23)9-11-20/h3-14,16,25H,15H2,1-2H3. The van der Waals surface area contributed by atoms with Gasteiger partial charge < -0.3 is 10.2 Å². The molecule has 0 spiro atoms. The third kappa shape index (κ3) is 4.91. The van der Waals surface area contributed by atoms with Crippen molar-refractivity contribution in [1.29, 1.82) is 0 Å². The first-order valence-electron chi connectivity index (χ1n) is 8.85. The predicted molar refractivity (Wildman–Crippen MR) is 105 cm³/mol. The summed E-state index contributed by atoms with van der Waals surface area (Å²) < 4.78 is 13.0. The second kappa shape index (κ2) is 8.45. The van der Waals surface area contributed by atoms with Crippen molar-refractivity contribution in [3.05, 3.63) is 90.0 Å². The van der Waals surface area contributed by atoms with E-state index < -0.39 is 0 Å². The van der Waals surface area contributed by atoms with E-state index in [4.69, 9.17) is 0 Å². The fourth-order valence-corrected chi connectivity index (χ4v) is 2.76. The molecule has 3 aromatic rings. The molecule has 2 aromatic carbocycles. The Morgan fingerprint density at radius 2 is 1.74 bits per heavy atom. The van der Waals surface area contributed by atoms with Gasteiger partial charge in [0.05, 0.1) is 17.4 Å². The van der Waals surface area contributed by atoms with E-state index in [-0.39, 0.29) is 17.8 Å². The number of nitrogens with zero attached hydrogens (tertiary/aromatic N) is 2. The summed E-state index contributed by atoms with van der Waals surface area (Å²) in [5.41, 5.74) is 2.99. The second-order valence-electron chi connectivity index (χ2n) is 6.61. The van der Waals surface area contributed by atoms with Crippen molar-refractivity contribution in [2.24, 2.45) is 0 Å². The van der Waals surface area contributed by atoms with E-state index in [1.165, 1.54) is 12.1 Å². The number of nitrogens with one attached hydrogen (secondary N) is 1. The van der Waals surface area contributed by atoms with Gasteiger partial charge in [0, 0.05) is 24.5 Å². The van der Waals surface area contributed by atoms with Gasteiger partial charge in [-0.3, -0.25) is 9.78 Å². The van der Waals surface area contributed by atoms with Crippen molar-refractivity contribution in [3.8, 4) is 0 Å². The number of carbonyl (C=O) groups excluding carboxylic acids is 1. The van der Waals surface area contributed by atoms with Crippen molar-refractivity contribution in [2.75, 3.05) is 5.32 Å². The van der Waals surface area contributed by atoms with Gasteiger partial charge in [0.2, 0.25) is 0 Å². The molecule has 1 N–H and O–H groups in total. The van der Waals surface area contributed by atoms with Crippen LogP contribution in [-0.4, -0.2) is 21.8 Å². The van der Waals surface area contributed by atoms with Crippen LogP contribution in [0.15, 0.2) is 73.1 Å². The first-order valence-corrected chi connectivity index (χ1v) is 8.85. The zero-order chi connectivity index (χ0) is 19.2. The monoisotopic (exact) mass is 363 g/mol. The SMILES string of the molecule is CC(C)N(Cc1ccccc1)C(=O)c1cncc(Nc2ccc(F)cc2)c1. The molecule has 1 heterocycles. The molecule has 0 aliphatic rings. The Hall–Kier alpha value is -3.21. The average molecular weight is 363 g/mol. The first-order chi connectivity index (χ1) is 13.0. The molecule has 138 valence electrons. The normalized spacial score (nSPS) is 10.7. The Morgan fingerprint density at radius 1 is 1.04 bits per heavy atom. The van der Waals surface area contributed by atoms with E-state index in [1.807, 2.05) is 49.1 Å². The Morgan fingerprint density at radius 3 is 2.41 bits per heavy atom. The van der Waals surface area contributed by atoms with Crippen molar-refractivity contribution in [1.82, 2.24) is 9.88 Å². The van der Waals surface area contributed by atoms with Gasteiger partial charge in [-0.25, -0.2) is 4.39 Å². The van der Waals surface area contributed by atoms with Gasteiger partial charge in [-0.1, -0.05) is 30.3 Å². The van der Waals surface area contributed by atoms with Gasteiger partial charge in [-0.05, 0) is 49.7 Å². The van der Waals surface area contributed by atoms with E-state index >= 15 is 0 Å². The number of hydrogen-bond donors (Lipinski definition) is 1. The summed E-state index contributed by atoms with van der Waals surface area (Å²) in [7, 11) is 0. The van der Waals surface area contributed by atoms with Crippen LogP contribution in [0.2, 0.25) is 0 Å². The third-order valence-corrected chi connectivity index (χ3v) is 4.20. The summed E-state index contributed by atoms with van der Waals surface area (Å²) in [6.07, 6.45) is 3.20. The fraction of sp³-hybridized carbons (Fsp3) is 0.182. The number of carbonyl (C=O) groups is 1. The lowest BCUT2D eigenvalue weighted by Gasteiger charge is -2.27. The predicted octanol–water partition coefficient (Wildman–Crippen LogP) is 5.02. The van der Waals surface area contributed by atoms with Crippen LogP contribution in [0.4, 0.5) is 15.8 Å². The molecular weight excluding hydrogens is 341 g/mol. The molecule has 1 amide bonds. The zero-order valence-electron chi connectivity index (χ0n) is 15.4. The highest BCUT2D eigenvalue weighted by atomic mass is 19.1. The maximum absolute atomic E-state index is 13.0. The molecule has 0 bridgehead atoms. The minimum atomic E-state index is -0.295. The first kappa shape index (κ1) is 18.6. The van der Waals surface area contributed by atoms with Gasteiger partial charge >= 0.3 is 0 Å². The number of amides is 1. The van der Waals surface area contributed by atoms with Crippen molar-refractivity contribution in [3.63, 3.8) is 0 Å². The van der Waals surface area contributed by atoms with Crippen LogP contribution in [0.3, 0.4) is 0 Å². The highest BCUT2D eigenvalue weighted by molar-refractivity contribution is 5.95. The lowest BCUT2D eigenvalue weighted by molar-refractivity contribution is 0.0690. The molecule has 0 aliphatic heterocycles. The number of hydrogen-bond acceptors (Lipinski definition) is 3. The summed E-state index contributed by atoms with van der Waals surface area (Å²) in [6.45, 7) is 4.52. The van der Waals surface area contributed by atoms with Gasteiger partial charge in [0.25, 0.3) is 5.91 Å². The quantitative estimate of drug-likeness (QED) is 0.669. The summed E-state index contributed by atoms with van der Waals surface area (Å²) in [4.78, 5) is 19.0. The van der Waals surface area contributed by atoms with Crippen LogP contribution in [0.1, 0.15) is 29.8 Å². The number of halogens is 1. The van der Waals surface area contributed by atoms with Crippen LogP contribution in [-0.2, 0) is 6.54 Å². The van der Waals surface area contributed by atoms with Crippen LogP contribution in [0.25, 0.3) is 0 Å². The lowest BCUT2D eigenvalue weighted by Crippen LogP contribution is -2.36. The van der Waals surface area contributed by atoms with Gasteiger partial charge in [-0.15, -0.1) is 0 Å². The number of benzene rings is 2. The highest BCUT2D eigenvalue weighted by Crippen LogP contribution is 2.19. The molecule has 0 saturated heterocycles. The smallest absolute Gasteiger partial charge is 0.256 e. The molecule has 5 heteroatoms. The molecule has 0 aliphatic carbocycles. The second-order valence-corrected chi connectivity index (χ2v) is 6.61. The van der Waals surface area contributed by atoms with Crippen LogP contribution >= 0.6 is 0 Å². The summed E-state index contributed by atoms with van der Waals surface area (Å²) >= 11 is 0. The largest absolute Gasteiger partial charge is 0.354 e. The summed E-state index contributed by atoms with van der Waals surface area (Å²) in [5.74, 6) is -0.375. The Labute approximate surface area is 158 Å². The van der Waals surface area contributed by atoms with E-state index in [0.29, 0.717) is 17.8 Å². The molecule has 3 rings (SSSR count). The Bertz CT molecular complexity index is 895. The fourth-order valence-electron chi connectivity index (χ4n) is 2.76. The lowest BCUT2D eigenvalue weighted by atomic mass is 10.1. The van der Waals surface area contributed by atoms with Crippen LogP contribution in [0.5, 0.6) is 0 Å². The Balaban J connectivity index is 1.79. The number of aromatic nitrogens is 1. The number of anilines is 2. The van der Waals surface area contributed by atoms with Gasteiger partial charge in [0.1, 0.15) is 5.82 Å². The molecule has 0 atom stereocenters. The molecule has 0 saturated carbocycles. The maximum Gasteiger partial charge on any atom is 0.256 e. The molecule has 27 heavy (non-hydrogen) atoms. The Kier molecular flexibility index (Phi) is 5.81.